The van der Waals surface area contributed by atoms with E-state index >= 15 is 0 Å². The molecule has 2 bridgehead atoms. The molecule has 1 N–H and O–H groups in total. The highest BCUT2D eigenvalue weighted by Gasteiger charge is 2.38. The van der Waals surface area contributed by atoms with Crippen LogP contribution in [0.4, 0.5) is 0 Å². The molecule has 3 aliphatic heterocycles. The van der Waals surface area contributed by atoms with Gasteiger partial charge in [-0.1, -0.05) is 12.1 Å². The largest absolute Gasteiger partial charge is 0.508 e. The summed E-state index contributed by atoms with van der Waals surface area (Å²) in [4.78, 5) is 33.5. The Bertz CT molecular complexity index is 840. The summed E-state index contributed by atoms with van der Waals surface area (Å²) in [5.74, 6) is 0.555. The van der Waals surface area contributed by atoms with E-state index in [1.165, 1.54) is 0 Å². The molecule has 0 unspecified atom stereocenters. The zero-order valence-electron chi connectivity index (χ0n) is 15.1. The van der Waals surface area contributed by atoms with Crippen molar-refractivity contribution in [3.63, 3.8) is 0 Å². The first-order valence-electron chi connectivity index (χ1n) is 9.37. The summed E-state index contributed by atoms with van der Waals surface area (Å²) in [6, 6.07) is 10.4. The Hall–Kier alpha value is -2.89. The average Bonchev–Trinajstić information content (AvgIpc) is 3.00. The van der Waals surface area contributed by atoms with Crippen LogP contribution in [0.2, 0.25) is 0 Å². The van der Waals surface area contributed by atoms with Gasteiger partial charge in [-0.2, -0.15) is 0 Å². The van der Waals surface area contributed by atoms with Crippen LogP contribution in [-0.4, -0.2) is 57.4 Å². The van der Waals surface area contributed by atoms with Gasteiger partial charge in [-0.15, -0.1) is 0 Å². The van der Waals surface area contributed by atoms with Crippen LogP contribution in [0.5, 0.6) is 5.75 Å². The predicted molar refractivity (Wildman–Crippen MR) is 100 cm³/mol. The fraction of sp³-hybridized carbons (Fsp3) is 0.381. The third kappa shape index (κ3) is 3.79. The Balaban J connectivity index is 1.48. The van der Waals surface area contributed by atoms with Crippen molar-refractivity contribution in [2.24, 2.45) is 5.92 Å². The summed E-state index contributed by atoms with van der Waals surface area (Å²) in [5, 5.41) is 9.62. The van der Waals surface area contributed by atoms with Crippen LogP contribution < -0.4 is 0 Å². The number of aromatic hydroxyl groups is 1. The molecule has 2 atom stereocenters. The Labute approximate surface area is 158 Å². The van der Waals surface area contributed by atoms with Crippen molar-refractivity contribution in [1.82, 2.24) is 14.8 Å². The Morgan fingerprint density at radius 3 is 2.67 bits per heavy atom. The molecule has 0 radical (unpaired) electrons. The van der Waals surface area contributed by atoms with E-state index < -0.39 is 0 Å². The second kappa shape index (κ2) is 7.39. The van der Waals surface area contributed by atoms with Gasteiger partial charge in [0.15, 0.2) is 0 Å². The van der Waals surface area contributed by atoms with Crippen LogP contribution in [0.15, 0.2) is 48.8 Å². The van der Waals surface area contributed by atoms with Crippen molar-refractivity contribution in [3.05, 3.63) is 59.9 Å². The zero-order chi connectivity index (χ0) is 18.8. The molecule has 0 saturated carbocycles. The molecule has 6 nitrogen and oxygen atoms in total. The van der Waals surface area contributed by atoms with Crippen molar-refractivity contribution in [3.8, 4) is 5.75 Å². The average molecular weight is 365 g/mol. The molecule has 1 aromatic heterocycles. The van der Waals surface area contributed by atoms with Crippen LogP contribution in [0, 0.1) is 5.92 Å². The molecule has 27 heavy (non-hydrogen) atoms. The molecule has 6 heteroatoms. The lowest BCUT2D eigenvalue weighted by atomic mass is 9.94. The second-order valence-electron chi connectivity index (χ2n) is 7.44. The molecule has 3 aliphatic rings. The van der Waals surface area contributed by atoms with Gasteiger partial charge in [-0.3, -0.25) is 14.6 Å². The Morgan fingerprint density at radius 2 is 1.89 bits per heavy atom. The number of phenols is 1. The molecule has 5 rings (SSSR count). The standard InChI is InChI=1S/C21H23N3O3/c25-19-3-1-2-15(10-19)11-20(26)24-13-16-4-5-18(24)14-23(12-16)21(27)17-6-8-22-9-7-17/h1-3,6-10,16,18,25H,4-5,11-14H2/t16-,18+/m0/s1. The van der Waals surface area contributed by atoms with Crippen molar-refractivity contribution < 1.29 is 14.7 Å². The van der Waals surface area contributed by atoms with Crippen LogP contribution in [0.3, 0.4) is 0 Å². The number of fused-ring (bicyclic) bond motifs is 4. The number of amides is 2. The number of aromatic nitrogens is 1. The van der Waals surface area contributed by atoms with Gasteiger partial charge in [0.1, 0.15) is 5.75 Å². The third-order valence-corrected chi connectivity index (χ3v) is 5.51. The topological polar surface area (TPSA) is 73.7 Å². The van der Waals surface area contributed by atoms with E-state index in [1.807, 2.05) is 15.9 Å². The lowest BCUT2D eigenvalue weighted by Crippen LogP contribution is -2.48. The molecular formula is C21H23N3O3. The number of rotatable bonds is 3. The molecule has 2 amide bonds. The van der Waals surface area contributed by atoms with Crippen molar-refractivity contribution in [2.45, 2.75) is 25.3 Å². The fourth-order valence-electron chi connectivity index (χ4n) is 4.17. The van der Waals surface area contributed by atoms with Gasteiger partial charge in [0.25, 0.3) is 5.91 Å². The molecule has 3 fully saturated rings. The van der Waals surface area contributed by atoms with E-state index in [4.69, 9.17) is 0 Å². The maximum absolute atomic E-state index is 12.9. The third-order valence-electron chi connectivity index (χ3n) is 5.51. The van der Waals surface area contributed by atoms with Crippen LogP contribution in [0.25, 0.3) is 0 Å². The van der Waals surface area contributed by atoms with Gasteiger partial charge < -0.3 is 14.9 Å². The van der Waals surface area contributed by atoms with E-state index in [9.17, 15) is 14.7 Å². The van der Waals surface area contributed by atoms with Crippen molar-refractivity contribution >= 4 is 11.8 Å². The van der Waals surface area contributed by atoms with Crippen LogP contribution in [0.1, 0.15) is 28.8 Å². The van der Waals surface area contributed by atoms with E-state index in [2.05, 4.69) is 4.98 Å². The van der Waals surface area contributed by atoms with E-state index in [0.29, 0.717) is 31.1 Å². The van der Waals surface area contributed by atoms with Gasteiger partial charge in [-0.25, -0.2) is 0 Å². The molecule has 4 heterocycles. The van der Waals surface area contributed by atoms with Gasteiger partial charge in [-0.05, 0) is 48.6 Å². The number of hydrogen-bond acceptors (Lipinski definition) is 4. The fourth-order valence-corrected chi connectivity index (χ4v) is 4.17. The number of carbonyl (C=O) groups is 2. The molecule has 3 saturated heterocycles. The summed E-state index contributed by atoms with van der Waals surface area (Å²) < 4.78 is 0. The number of carbonyl (C=O) groups excluding carboxylic acids is 2. The number of pyridine rings is 1. The molecule has 140 valence electrons. The summed E-state index contributed by atoms with van der Waals surface area (Å²) in [7, 11) is 0. The minimum atomic E-state index is 0.0107. The first kappa shape index (κ1) is 17.5. The van der Waals surface area contributed by atoms with Gasteiger partial charge in [0.2, 0.25) is 5.91 Å². The van der Waals surface area contributed by atoms with Crippen molar-refractivity contribution in [2.75, 3.05) is 19.6 Å². The summed E-state index contributed by atoms with van der Waals surface area (Å²) in [6.07, 6.45) is 5.50. The highest BCUT2D eigenvalue weighted by atomic mass is 16.3. The molecule has 2 aromatic rings. The number of phenolic OH excluding ortho intramolecular Hbond substituents is 1. The van der Waals surface area contributed by atoms with Crippen molar-refractivity contribution in [1.29, 1.82) is 0 Å². The highest BCUT2D eigenvalue weighted by Crippen LogP contribution is 2.29. The van der Waals surface area contributed by atoms with E-state index in [-0.39, 0.29) is 30.0 Å². The van der Waals surface area contributed by atoms with Gasteiger partial charge in [0, 0.05) is 43.6 Å². The Morgan fingerprint density at radius 1 is 1.07 bits per heavy atom. The predicted octanol–water partition coefficient (Wildman–Crippen LogP) is 2.09. The van der Waals surface area contributed by atoms with E-state index in [1.54, 1.807) is 42.7 Å². The second-order valence-corrected chi connectivity index (χ2v) is 7.44. The minimum absolute atomic E-state index is 0.0107. The highest BCUT2D eigenvalue weighted by molar-refractivity contribution is 5.94. The maximum atomic E-state index is 12.9. The lowest BCUT2D eigenvalue weighted by molar-refractivity contribution is -0.134. The first-order valence-corrected chi connectivity index (χ1v) is 9.37. The summed E-state index contributed by atoms with van der Waals surface area (Å²) in [5.41, 5.74) is 1.45. The van der Waals surface area contributed by atoms with Crippen LogP contribution >= 0.6 is 0 Å². The maximum Gasteiger partial charge on any atom is 0.254 e. The number of hydrogen-bond donors (Lipinski definition) is 1. The summed E-state index contributed by atoms with van der Waals surface area (Å²) >= 11 is 0. The first-order chi connectivity index (χ1) is 13.1. The normalized spacial score (nSPS) is 21.8. The molecule has 0 spiro atoms. The zero-order valence-corrected chi connectivity index (χ0v) is 15.1. The quantitative estimate of drug-likeness (QED) is 0.904. The lowest BCUT2D eigenvalue weighted by Gasteiger charge is -2.36. The minimum Gasteiger partial charge on any atom is -0.508 e. The SMILES string of the molecule is O=C(c1ccncc1)N1C[C@@H]2CC[C@H](C1)N(C(=O)Cc1cccc(O)c1)C2. The Kier molecular flexibility index (Phi) is 4.79. The monoisotopic (exact) mass is 365 g/mol. The number of benzene rings is 1. The number of nitrogens with zero attached hydrogens (tertiary/aromatic N) is 3. The van der Waals surface area contributed by atoms with Crippen LogP contribution in [-0.2, 0) is 11.2 Å². The van der Waals surface area contributed by atoms with E-state index in [0.717, 1.165) is 18.4 Å². The number of piperidine rings is 1. The molecule has 0 aliphatic carbocycles. The van der Waals surface area contributed by atoms with Gasteiger partial charge >= 0.3 is 0 Å². The van der Waals surface area contributed by atoms with Gasteiger partial charge in [0.05, 0.1) is 6.42 Å². The molecular weight excluding hydrogens is 342 g/mol. The molecule has 1 aromatic carbocycles. The smallest absolute Gasteiger partial charge is 0.254 e. The summed E-state index contributed by atoms with van der Waals surface area (Å²) in [6.45, 7) is 1.96.